The van der Waals surface area contributed by atoms with E-state index < -0.39 is 22.5 Å². The van der Waals surface area contributed by atoms with Crippen molar-refractivity contribution in [3.8, 4) is 0 Å². The Kier molecular flexibility index (Phi) is 4.94. The van der Waals surface area contributed by atoms with E-state index in [1.807, 2.05) is 0 Å². The molecule has 0 saturated heterocycles. The zero-order valence-electron chi connectivity index (χ0n) is 10.4. The molecule has 5 nitrogen and oxygen atoms in total. The first-order valence-electron chi connectivity index (χ1n) is 5.66. The molecule has 0 aliphatic rings. The van der Waals surface area contributed by atoms with Crippen LogP contribution < -0.4 is 0 Å². The lowest BCUT2D eigenvalue weighted by Crippen LogP contribution is -2.28. The summed E-state index contributed by atoms with van der Waals surface area (Å²) in [5, 5.41) is 14.9. The molecule has 0 aliphatic carbocycles. The number of halogens is 4. The van der Waals surface area contributed by atoms with E-state index in [0.29, 0.717) is 6.42 Å². The molecule has 0 radical (unpaired) electrons. The van der Waals surface area contributed by atoms with Crippen molar-refractivity contribution in [1.29, 1.82) is 0 Å². The molecule has 0 spiro atoms. The first kappa shape index (κ1) is 15.9. The first-order valence-corrected chi connectivity index (χ1v) is 6.57. The minimum absolute atomic E-state index is 0.174. The van der Waals surface area contributed by atoms with Gasteiger partial charge in [-0.3, -0.25) is 14.8 Å². The third kappa shape index (κ3) is 3.46. The number of nitrogens with zero attached hydrogens (tertiary/aromatic N) is 3. The smallest absolute Gasteiger partial charge is 0.261 e. The van der Waals surface area contributed by atoms with Crippen LogP contribution in [-0.2, 0) is 19.4 Å². The van der Waals surface area contributed by atoms with Gasteiger partial charge < -0.3 is 0 Å². The fourth-order valence-electron chi connectivity index (χ4n) is 1.75. The Morgan fingerprint density at radius 2 is 2.00 bits per heavy atom. The summed E-state index contributed by atoms with van der Waals surface area (Å²) < 4.78 is 38.6. The summed E-state index contributed by atoms with van der Waals surface area (Å²) in [5.41, 5.74) is 0.256. The predicted octanol–water partition coefficient (Wildman–Crippen LogP) is 3.24. The maximum Gasteiger partial charge on any atom is 0.403 e. The van der Waals surface area contributed by atoms with Crippen LogP contribution >= 0.6 is 15.9 Å². The lowest BCUT2D eigenvalue weighted by Gasteiger charge is -2.14. The number of alkyl halides is 4. The Balaban J connectivity index is 3.18. The average molecular weight is 344 g/mol. The molecule has 1 aromatic heterocycles. The molecular weight excluding hydrogens is 331 g/mol. The van der Waals surface area contributed by atoms with Crippen LogP contribution in [0.15, 0.2) is 0 Å². The Morgan fingerprint density at radius 1 is 1.42 bits per heavy atom. The highest BCUT2D eigenvalue weighted by molar-refractivity contribution is 9.09. The molecule has 0 fully saturated rings. The van der Waals surface area contributed by atoms with Gasteiger partial charge in [0.2, 0.25) is 0 Å². The molecule has 108 valence electrons. The van der Waals surface area contributed by atoms with Crippen molar-refractivity contribution in [2.75, 3.05) is 0 Å². The third-order valence-corrected chi connectivity index (χ3v) is 3.45. The van der Waals surface area contributed by atoms with Gasteiger partial charge in [-0.25, -0.2) is 0 Å². The maximum absolute atomic E-state index is 12.5. The van der Waals surface area contributed by atoms with Crippen molar-refractivity contribution in [2.24, 2.45) is 0 Å². The monoisotopic (exact) mass is 343 g/mol. The van der Waals surface area contributed by atoms with Gasteiger partial charge in [-0.1, -0.05) is 29.8 Å². The SMILES string of the molecule is CCc1nn(CC(Br)C(F)(F)F)c(CC)c1[N+](=O)[O-]. The Hall–Kier alpha value is -1.12. The van der Waals surface area contributed by atoms with Crippen LogP contribution in [0.1, 0.15) is 25.2 Å². The minimum Gasteiger partial charge on any atom is -0.261 e. The van der Waals surface area contributed by atoms with Crippen LogP contribution in [0, 0.1) is 10.1 Å². The zero-order valence-corrected chi connectivity index (χ0v) is 12.0. The molecule has 0 N–H and O–H groups in total. The van der Waals surface area contributed by atoms with Crippen molar-refractivity contribution in [3.63, 3.8) is 0 Å². The van der Waals surface area contributed by atoms with E-state index in [4.69, 9.17) is 0 Å². The summed E-state index contributed by atoms with van der Waals surface area (Å²) >= 11 is 2.54. The van der Waals surface area contributed by atoms with Crippen LogP contribution in [0.25, 0.3) is 0 Å². The summed E-state index contributed by atoms with van der Waals surface area (Å²) in [6.45, 7) is 2.85. The quantitative estimate of drug-likeness (QED) is 0.468. The number of aryl methyl sites for hydroxylation is 1. The fourth-order valence-corrected chi connectivity index (χ4v) is 2.02. The maximum atomic E-state index is 12.5. The summed E-state index contributed by atoms with van der Waals surface area (Å²) in [5.74, 6) is 0. The van der Waals surface area contributed by atoms with E-state index in [1.165, 1.54) is 0 Å². The van der Waals surface area contributed by atoms with Crippen LogP contribution in [0.4, 0.5) is 18.9 Å². The molecule has 1 rings (SSSR count). The molecule has 1 heterocycles. The average Bonchev–Trinajstić information content (AvgIpc) is 2.65. The van der Waals surface area contributed by atoms with E-state index in [2.05, 4.69) is 21.0 Å². The van der Waals surface area contributed by atoms with Crippen molar-refractivity contribution in [2.45, 2.75) is 44.2 Å². The molecule has 0 amide bonds. The molecule has 0 aliphatic heterocycles. The van der Waals surface area contributed by atoms with Crippen LogP contribution in [0.2, 0.25) is 0 Å². The van der Waals surface area contributed by atoms with Gasteiger partial charge in [-0.05, 0) is 12.8 Å². The van der Waals surface area contributed by atoms with E-state index in [1.54, 1.807) is 13.8 Å². The molecule has 0 bridgehead atoms. The van der Waals surface area contributed by atoms with Gasteiger partial charge >= 0.3 is 11.9 Å². The highest BCUT2D eigenvalue weighted by Crippen LogP contribution is 2.30. The largest absolute Gasteiger partial charge is 0.403 e. The molecule has 1 atom stereocenters. The second-order valence-corrected chi connectivity index (χ2v) is 5.00. The van der Waals surface area contributed by atoms with Gasteiger partial charge in [0.25, 0.3) is 0 Å². The second kappa shape index (κ2) is 5.89. The number of hydrogen-bond donors (Lipinski definition) is 0. The molecule has 1 unspecified atom stereocenters. The number of hydrogen-bond acceptors (Lipinski definition) is 3. The zero-order chi connectivity index (χ0) is 14.8. The van der Waals surface area contributed by atoms with E-state index in [9.17, 15) is 23.3 Å². The fraction of sp³-hybridized carbons (Fsp3) is 0.700. The number of aromatic nitrogens is 2. The number of nitro groups is 1. The van der Waals surface area contributed by atoms with Gasteiger partial charge in [0.1, 0.15) is 16.2 Å². The predicted molar refractivity (Wildman–Crippen MR) is 66.4 cm³/mol. The third-order valence-electron chi connectivity index (χ3n) is 2.64. The van der Waals surface area contributed by atoms with Crippen molar-refractivity contribution >= 4 is 21.6 Å². The summed E-state index contributed by atoms with van der Waals surface area (Å²) in [6.07, 6.45) is -3.87. The Labute approximate surface area is 116 Å². The lowest BCUT2D eigenvalue weighted by molar-refractivity contribution is -0.386. The second-order valence-electron chi connectivity index (χ2n) is 3.90. The van der Waals surface area contributed by atoms with Gasteiger partial charge in [0.05, 0.1) is 11.5 Å². The normalized spacial score (nSPS) is 13.6. The van der Waals surface area contributed by atoms with Crippen molar-refractivity contribution in [3.05, 3.63) is 21.5 Å². The molecular formula is C10H13BrF3N3O2. The highest BCUT2D eigenvalue weighted by Gasteiger charge is 2.39. The lowest BCUT2D eigenvalue weighted by atomic mass is 10.2. The van der Waals surface area contributed by atoms with E-state index >= 15 is 0 Å². The van der Waals surface area contributed by atoms with E-state index in [0.717, 1.165) is 4.68 Å². The minimum atomic E-state index is -4.42. The van der Waals surface area contributed by atoms with Crippen molar-refractivity contribution < 1.29 is 18.1 Å². The summed E-state index contributed by atoms with van der Waals surface area (Å²) in [6, 6.07) is 0. The number of rotatable bonds is 5. The van der Waals surface area contributed by atoms with E-state index in [-0.39, 0.29) is 23.5 Å². The Morgan fingerprint density at radius 3 is 2.37 bits per heavy atom. The van der Waals surface area contributed by atoms with Crippen LogP contribution in [0.5, 0.6) is 0 Å². The molecule has 1 aromatic rings. The molecule has 19 heavy (non-hydrogen) atoms. The summed E-state index contributed by atoms with van der Waals surface area (Å²) in [7, 11) is 0. The first-order chi connectivity index (χ1) is 8.72. The molecule has 9 heteroatoms. The van der Waals surface area contributed by atoms with Gasteiger partial charge in [0.15, 0.2) is 0 Å². The van der Waals surface area contributed by atoms with Gasteiger partial charge in [-0.15, -0.1) is 0 Å². The van der Waals surface area contributed by atoms with Crippen LogP contribution in [0.3, 0.4) is 0 Å². The van der Waals surface area contributed by atoms with Crippen LogP contribution in [-0.4, -0.2) is 25.7 Å². The van der Waals surface area contributed by atoms with Gasteiger partial charge in [-0.2, -0.15) is 18.3 Å². The molecule has 0 aromatic carbocycles. The van der Waals surface area contributed by atoms with Crippen molar-refractivity contribution in [1.82, 2.24) is 9.78 Å². The molecule has 0 saturated carbocycles. The van der Waals surface area contributed by atoms with Gasteiger partial charge in [0, 0.05) is 0 Å². The Bertz CT molecular complexity index is 473. The topological polar surface area (TPSA) is 61.0 Å². The summed E-state index contributed by atoms with van der Waals surface area (Å²) in [4.78, 5) is 8.61. The standard InChI is InChI=1S/C10H13BrF3N3O2/c1-3-6-9(17(18)19)7(4-2)16(15-6)5-8(11)10(12,13)14/h8H,3-5H2,1-2H3. The highest BCUT2D eigenvalue weighted by atomic mass is 79.9.